The number of amides is 1. The fraction of sp³-hybridized carbons (Fsp3) is 0.438. The van der Waals surface area contributed by atoms with Crippen LogP contribution in [0.25, 0.3) is 11.0 Å². The second-order valence-corrected chi connectivity index (χ2v) is 5.32. The van der Waals surface area contributed by atoms with Gasteiger partial charge in [0.1, 0.15) is 0 Å². The van der Waals surface area contributed by atoms with Crippen LogP contribution in [0.4, 0.5) is 0 Å². The lowest BCUT2D eigenvalue weighted by Gasteiger charge is -2.35. The van der Waals surface area contributed by atoms with Gasteiger partial charge in [0.15, 0.2) is 0 Å². The summed E-state index contributed by atoms with van der Waals surface area (Å²) in [5.74, 6) is 0.129. The monoisotopic (exact) mass is 269 g/mol. The number of nitrogens with zero attached hydrogens (tertiary/aromatic N) is 3. The molecule has 1 atom stereocenters. The maximum atomic E-state index is 12.7. The Morgan fingerprint density at radius 1 is 1.25 bits per heavy atom. The van der Waals surface area contributed by atoms with Crippen LogP contribution < -0.4 is 0 Å². The van der Waals surface area contributed by atoms with E-state index in [1.807, 2.05) is 23.1 Å². The molecule has 4 heteroatoms. The van der Waals surface area contributed by atoms with Gasteiger partial charge in [-0.3, -0.25) is 14.8 Å². The zero-order valence-electron chi connectivity index (χ0n) is 11.7. The van der Waals surface area contributed by atoms with Crippen molar-refractivity contribution in [1.29, 1.82) is 0 Å². The van der Waals surface area contributed by atoms with Crippen molar-refractivity contribution in [2.45, 2.75) is 38.6 Å². The van der Waals surface area contributed by atoms with Gasteiger partial charge in [-0.05, 0) is 43.9 Å². The number of aromatic nitrogens is 2. The minimum atomic E-state index is 0.129. The Kier molecular flexibility index (Phi) is 3.63. The highest BCUT2D eigenvalue weighted by Gasteiger charge is 2.26. The van der Waals surface area contributed by atoms with Crippen LogP contribution in [0, 0.1) is 0 Å². The summed E-state index contributed by atoms with van der Waals surface area (Å²) >= 11 is 0. The Hall–Kier alpha value is -1.97. The molecule has 0 radical (unpaired) electrons. The van der Waals surface area contributed by atoms with Crippen LogP contribution in [0.3, 0.4) is 0 Å². The molecule has 104 valence electrons. The predicted octanol–water partition coefficient (Wildman–Crippen LogP) is 3.03. The van der Waals surface area contributed by atoms with Crippen molar-refractivity contribution in [3.8, 4) is 0 Å². The van der Waals surface area contributed by atoms with Gasteiger partial charge in [0.2, 0.25) is 0 Å². The van der Waals surface area contributed by atoms with Gasteiger partial charge in [-0.2, -0.15) is 0 Å². The third-order valence-corrected chi connectivity index (χ3v) is 4.08. The number of benzene rings is 1. The van der Waals surface area contributed by atoms with Crippen LogP contribution >= 0.6 is 0 Å². The van der Waals surface area contributed by atoms with Gasteiger partial charge in [0, 0.05) is 30.5 Å². The van der Waals surface area contributed by atoms with E-state index in [4.69, 9.17) is 0 Å². The average Bonchev–Trinajstić information content (AvgIpc) is 2.53. The number of likely N-dealkylation sites (tertiary alicyclic amines) is 1. The fourth-order valence-electron chi connectivity index (χ4n) is 2.95. The summed E-state index contributed by atoms with van der Waals surface area (Å²) < 4.78 is 0. The standard InChI is InChI=1S/C16H19N3O/c1-2-13-5-3-4-10-19(13)16(20)12-6-7-14-15(11-12)18-9-8-17-14/h6-9,11,13H,2-5,10H2,1H3. The lowest BCUT2D eigenvalue weighted by atomic mass is 9.99. The maximum absolute atomic E-state index is 12.7. The molecule has 2 heterocycles. The van der Waals surface area contributed by atoms with E-state index >= 15 is 0 Å². The van der Waals surface area contributed by atoms with E-state index in [0.717, 1.165) is 42.4 Å². The minimum Gasteiger partial charge on any atom is -0.336 e. The number of carbonyl (C=O) groups excluding carboxylic acids is 1. The molecule has 0 aliphatic carbocycles. The van der Waals surface area contributed by atoms with Crippen molar-refractivity contribution < 1.29 is 4.79 Å². The molecular formula is C16H19N3O. The normalized spacial score (nSPS) is 19.2. The molecule has 1 aliphatic heterocycles. The van der Waals surface area contributed by atoms with E-state index in [1.54, 1.807) is 12.4 Å². The average molecular weight is 269 g/mol. The van der Waals surface area contributed by atoms with Crippen LogP contribution in [0.5, 0.6) is 0 Å². The quantitative estimate of drug-likeness (QED) is 0.841. The molecule has 1 amide bonds. The van der Waals surface area contributed by atoms with Crippen LogP contribution in [-0.2, 0) is 0 Å². The van der Waals surface area contributed by atoms with E-state index in [0.29, 0.717) is 6.04 Å². The highest BCUT2D eigenvalue weighted by atomic mass is 16.2. The van der Waals surface area contributed by atoms with Crippen molar-refractivity contribution in [3.63, 3.8) is 0 Å². The van der Waals surface area contributed by atoms with Crippen molar-refractivity contribution >= 4 is 16.9 Å². The third-order valence-electron chi connectivity index (χ3n) is 4.08. The van der Waals surface area contributed by atoms with Crippen LogP contribution in [0.2, 0.25) is 0 Å². The largest absolute Gasteiger partial charge is 0.336 e. The smallest absolute Gasteiger partial charge is 0.254 e. The number of hydrogen-bond donors (Lipinski definition) is 0. The number of fused-ring (bicyclic) bond motifs is 1. The van der Waals surface area contributed by atoms with Gasteiger partial charge in [0.05, 0.1) is 11.0 Å². The van der Waals surface area contributed by atoms with Crippen molar-refractivity contribution in [2.75, 3.05) is 6.54 Å². The van der Waals surface area contributed by atoms with Gasteiger partial charge >= 0.3 is 0 Å². The SMILES string of the molecule is CCC1CCCCN1C(=O)c1ccc2nccnc2c1. The molecule has 1 aromatic heterocycles. The van der Waals surface area contributed by atoms with Crippen LogP contribution in [-0.4, -0.2) is 33.4 Å². The lowest BCUT2D eigenvalue weighted by molar-refractivity contribution is 0.0608. The number of piperidine rings is 1. The number of carbonyl (C=O) groups is 1. The summed E-state index contributed by atoms with van der Waals surface area (Å²) in [5, 5.41) is 0. The topological polar surface area (TPSA) is 46.1 Å². The Morgan fingerprint density at radius 2 is 2.05 bits per heavy atom. The summed E-state index contributed by atoms with van der Waals surface area (Å²) in [7, 11) is 0. The highest BCUT2D eigenvalue weighted by Crippen LogP contribution is 2.22. The fourth-order valence-corrected chi connectivity index (χ4v) is 2.95. The van der Waals surface area contributed by atoms with E-state index in [9.17, 15) is 4.79 Å². The first-order valence-electron chi connectivity index (χ1n) is 7.31. The van der Waals surface area contributed by atoms with Gasteiger partial charge in [-0.1, -0.05) is 6.92 Å². The minimum absolute atomic E-state index is 0.129. The molecule has 4 nitrogen and oxygen atoms in total. The van der Waals surface area contributed by atoms with Crippen molar-refractivity contribution in [3.05, 3.63) is 36.2 Å². The van der Waals surface area contributed by atoms with Crippen molar-refractivity contribution in [1.82, 2.24) is 14.9 Å². The highest BCUT2D eigenvalue weighted by molar-refractivity contribution is 5.97. The third kappa shape index (κ3) is 2.38. The molecule has 0 spiro atoms. The Labute approximate surface area is 118 Å². The Bertz CT molecular complexity index is 626. The molecule has 0 N–H and O–H groups in total. The molecule has 0 saturated carbocycles. The zero-order chi connectivity index (χ0) is 13.9. The molecule has 1 unspecified atom stereocenters. The zero-order valence-corrected chi connectivity index (χ0v) is 11.7. The first kappa shape index (κ1) is 13.0. The van der Waals surface area contributed by atoms with E-state index < -0.39 is 0 Å². The molecule has 1 aliphatic rings. The van der Waals surface area contributed by atoms with Gasteiger partial charge in [-0.15, -0.1) is 0 Å². The summed E-state index contributed by atoms with van der Waals surface area (Å²) in [6.45, 7) is 3.03. The van der Waals surface area contributed by atoms with E-state index in [1.165, 1.54) is 6.42 Å². The maximum Gasteiger partial charge on any atom is 0.254 e. The molecule has 20 heavy (non-hydrogen) atoms. The Morgan fingerprint density at radius 3 is 2.85 bits per heavy atom. The molecule has 1 saturated heterocycles. The summed E-state index contributed by atoms with van der Waals surface area (Å²) in [6, 6.07) is 5.97. The number of hydrogen-bond acceptors (Lipinski definition) is 3. The van der Waals surface area contributed by atoms with Crippen LogP contribution in [0.1, 0.15) is 43.0 Å². The van der Waals surface area contributed by atoms with Crippen molar-refractivity contribution in [2.24, 2.45) is 0 Å². The second kappa shape index (κ2) is 5.57. The number of rotatable bonds is 2. The lowest BCUT2D eigenvalue weighted by Crippen LogP contribution is -2.43. The van der Waals surface area contributed by atoms with Gasteiger partial charge < -0.3 is 4.90 Å². The van der Waals surface area contributed by atoms with Gasteiger partial charge in [0.25, 0.3) is 5.91 Å². The molecule has 1 aromatic carbocycles. The summed E-state index contributed by atoms with van der Waals surface area (Å²) in [6.07, 6.45) is 7.81. The Balaban J connectivity index is 1.91. The molecule has 1 fully saturated rings. The molecule has 2 aromatic rings. The van der Waals surface area contributed by atoms with Crippen LogP contribution in [0.15, 0.2) is 30.6 Å². The predicted molar refractivity (Wildman–Crippen MR) is 78.5 cm³/mol. The second-order valence-electron chi connectivity index (χ2n) is 5.32. The molecular weight excluding hydrogens is 250 g/mol. The summed E-state index contributed by atoms with van der Waals surface area (Å²) in [4.78, 5) is 23.2. The first-order chi connectivity index (χ1) is 9.79. The van der Waals surface area contributed by atoms with Gasteiger partial charge in [-0.25, -0.2) is 0 Å². The molecule has 3 rings (SSSR count). The molecule has 0 bridgehead atoms. The first-order valence-corrected chi connectivity index (χ1v) is 7.31. The summed E-state index contributed by atoms with van der Waals surface area (Å²) in [5.41, 5.74) is 2.33. The van der Waals surface area contributed by atoms with E-state index in [2.05, 4.69) is 16.9 Å². The van der Waals surface area contributed by atoms with E-state index in [-0.39, 0.29) is 5.91 Å².